The first-order chi connectivity index (χ1) is 7.99. The van der Waals surface area contributed by atoms with Gasteiger partial charge in [0.15, 0.2) is 5.25 Å². The van der Waals surface area contributed by atoms with Gasteiger partial charge in [-0.2, -0.15) is 5.26 Å². The van der Waals surface area contributed by atoms with E-state index in [9.17, 15) is 8.42 Å². The topological polar surface area (TPSA) is 87.8 Å². The highest BCUT2D eigenvalue weighted by Gasteiger charge is 2.24. The minimum Gasteiger partial charge on any atom is -0.336 e. The molecule has 17 heavy (non-hydrogen) atoms. The van der Waals surface area contributed by atoms with Crippen LogP contribution in [0.5, 0.6) is 0 Å². The van der Waals surface area contributed by atoms with Gasteiger partial charge in [-0.05, 0) is 13.3 Å². The van der Waals surface area contributed by atoms with Crippen molar-refractivity contribution in [3.05, 3.63) is 18.7 Å². The highest BCUT2D eigenvalue weighted by molar-refractivity contribution is 7.90. The first-order valence-corrected chi connectivity index (χ1v) is 6.90. The van der Waals surface area contributed by atoms with Crippen molar-refractivity contribution in [2.45, 2.75) is 38.1 Å². The van der Waals surface area contributed by atoms with Crippen LogP contribution in [0.25, 0.3) is 0 Å². The Balaban J connectivity index is 2.62. The van der Waals surface area contributed by atoms with Crippen molar-refractivity contribution in [2.24, 2.45) is 0 Å². The van der Waals surface area contributed by atoms with Crippen LogP contribution in [-0.2, 0) is 16.6 Å². The van der Waals surface area contributed by atoms with Crippen LogP contribution in [0.3, 0.4) is 0 Å². The molecule has 2 atom stereocenters. The zero-order chi connectivity index (χ0) is 12.9. The molecule has 94 valence electrons. The summed E-state index contributed by atoms with van der Waals surface area (Å²) >= 11 is 0. The maximum absolute atomic E-state index is 11.8. The van der Waals surface area contributed by atoms with Crippen LogP contribution >= 0.6 is 0 Å². The molecule has 2 unspecified atom stereocenters. The average Bonchev–Trinajstić information content (AvgIpc) is 2.70. The van der Waals surface area contributed by atoms with Gasteiger partial charge in [-0.1, -0.05) is 6.92 Å². The zero-order valence-electron chi connectivity index (χ0n) is 9.87. The first-order valence-electron chi connectivity index (χ1n) is 5.36. The third kappa shape index (κ3) is 3.84. The van der Waals surface area contributed by atoms with Crippen molar-refractivity contribution in [3.63, 3.8) is 0 Å². The number of imidazole rings is 1. The second-order valence-electron chi connectivity index (χ2n) is 3.85. The molecule has 0 aromatic carbocycles. The third-order valence-electron chi connectivity index (χ3n) is 2.30. The Morgan fingerprint density at radius 3 is 2.76 bits per heavy atom. The van der Waals surface area contributed by atoms with E-state index in [0.717, 1.165) is 0 Å². The van der Waals surface area contributed by atoms with Crippen molar-refractivity contribution in [1.82, 2.24) is 14.3 Å². The second kappa shape index (κ2) is 5.80. The lowest BCUT2D eigenvalue weighted by Gasteiger charge is -2.16. The minimum absolute atomic E-state index is 0.281. The highest BCUT2D eigenvalue weighted by Crippen LogP contribution is 2.04. The molecule has 0 aliphatic heterocycles. The molecule has 0 saturated heterocycles. The molecule has 1 aromatic heterocycles. The molecule has 6 nitrogen and oxygen atoms in total. The molecular weight excluding hydrogens is 240 g/mol. The van der Waals surface area contributed by atoms with Crippen molar-refractivity contribution >= 4 is 10.0 Å². The number of hydrogen-bond donors (Lipinski definition) is 1. The summed E-state index contributed by atoms with van der Waals surface area (Å²) in [6.45, 7) is 3.91. The predicted molar refractivity (Wildman–Crippen MR) is 63.4 cm³/mol. The van der Waals surface area contributed by atoms with E-state index < -0.39 is 15.3 Å². The molecule has 7 heteroatoms. The summed E-state index contributed by atoms with van der Waals surface area (Å²) in [5.41, 5.74) is 0. The van der Waals surface area contributed by atoms with E-state index in [1.807, 2.05) is 0 Å². The smallest absolute Gasteiger partial charge is 0.228 e. The van der Waals surface area contributed by atoms with Gasteiger partial charge >= 0.3 is 0 Å². The molecule has 1 heterocycles. The Hall–Kier alpha value is -1.39. The second-order valence-corrected chi connectivity index (χ2v) is 5.74. The van der Waals surface area contributed by atoms with Gasteiger partial charge in [0.2, 0.25) is 10.0 Å². The van der Waals surface area contributed by atoms with Gasteiger partial charge in [0.1, 0.15) is 0 Å². The lowest BCUT2D eigenvalue weighted by molar-refractivity contribution is 0.515. The molecule has 0 amide bonds. The highest BCUT2D eigenvalue weighted by atomic mass is 32.2. The lowest BCUT2D eigenvalue weighted by Crippen LogP contribution is -2.40. The number of aromatic nitrogens is 2. The van der Waals surface area contributed by atoms with Crippen molar-refractivity contribution in [1.29, 1.82) is 5.26 Å². The van der Waals surface area contributed by atoms with Crippen molar-refractivity contribution in [2.75, 3.05) is 0 Å². The van der Waals surface area contributed by atoms with Crippen LogP contribution in [-0.4, -0.2) is 29.3 Å². The van der Waals surface area contributed by atoms with E-state index in [1.165, 1.54) is 0 Å². The zero-order valence-corrected chi connectivity index (χ0v) is 10.7. The SMILES string of the molecule is CCC(C#N)S(=O)(=O)NC(C)Cn1ccnc1. The minimum atomic E-state index is -3.57. The van der Waals surface area contributed by atoms with Crippen molar-refractivity contribution in [3.8, 4) is 6.07 Å². The van der Waals surface area contributed by atoms with Gasteiger partial charge in [0.05, 0.1) is 12.4 Å². The Morgan fingerprint density at radius 1 is 1.59 bits per heavy atom. The summed E-state index contributed by atoms with van der Waals surface area (Å²) in [7, 11) is -3.57. The van der Waals surface area contributed by atoms with E-state index in [1.54, 1.807) is 43.2 Å². The monoisotopic (exact) mass is 256 g/mol. The fourth-order valence-electron chi connectivity index (χ4n) is 1.49. The maximum Gasteiger partial charge on any atom is 0.228 e. The van der Waals surface area contributed by atoms with E-state index >= 15 is 0 Å². The quantitative estimate of drug-likeness (QED) is 0.802. The fourth-order valence-corrected chi connectivity index (χ4v) is 2.87. The Bertz CT molecular complexity index is 475. The summed E-state index contributed by atoms with van der Waals surface area (Å²) in [6.07, 6.45) is 5.29. The Labute approximate surface area is 101 Å². The van der Waals surface area contributed by atoms with Crippen LogP contribution in [0.2, 0.25) is 0 Å². The van der Waals surface area contributed by atoms with Crippen LogP contribution in [0.4, 0.5) is 0 Å². The summed E-state index contributed by atoms with van der Waals surface area (Å²) in [5, 5.41) is 7.75. The summed E-state index contributed by atoms with van der Waals surface area (Å²) in [4.78, 5) is 3.87. The number of sulfonamides is 1. The van der Waals surface area contributed by atoms with Gasteiger partial charge in [0, 0.05) is 25.0 Å². The van der Waals surface area contributed by atoms with Crippen LogP contribution < -0.4 is 4.72 Å². The normalized spacial score (nSPS) is 15.1. The molecule has 0 aliphatic carbocycles. The molecular formula is C10H16N4O2S. The van der Waals surface area contributed by atoms with E-state index in [2.05, 4.69) is 9.71 Å². The van der Waals surface area contributed by atoms with Gasteiger partial charge < -0.3 is 4.57 Å². The molecule has 0 aliphatic rings. The Kier molecular flexibility index (Phi) is 4.66. The number of nitrogens with one attached hydrogen (secondary N) is 1. The molecule has 0 saturated carbocycles. The maximum atomic E-state index is 11.8. The number of nitrogens with zero attached hydrogens (tertiary/aromatic N) is 3. The summed E-state index contributed by atoms with van der Waals surface area (Å²) < 4.78 is 27.8. The van der Waals surface area contributed by atoms with Crippen LogP contribution in [0.15, 0.2) is 18.7 Å². The molecule has 0 radical (unpaired) electrons. The Morgan fingerprint density at radius 2 is 2.29 bits per heavy atom. The van der Waals surface area contributed by atoms with Gasteiger partial charge in [-0.3, -0.25) is 0 Å². The van der Waals surface area contributed by atoms with Crippen molar-refractivity contribution < 1.29 is 8.42 Å². The lowest BCUT2D eigenvalue weighted by atomic mass is 10.4. The van der Waals surface area contributed by atoms with Crippen LogP contribution in [0, 0.1) is 11.3 Å². The predicted octanol–water partition coefficient (Wildman–Crippen LogP) is 0.493. The largest absolute Gasteiger partial charge is 0.336 e. The third-order valence-corrected chi connectivity index (χ3v) is 4.22. The standard InChI is InChI=1S/C10H16N4O2S/c1-3-10(6-11)17(15,16)13-9(2)7-14-5-4-12-8-14/h4-5,8-10,13H,3,7H2,1-2H3. The van der Waals surface area contributed by atoms with E-state index in [0.29, 0.717) is 6.54 Å². The number of hydrogen-bond acceptors (Lipinski definition) is 4. The van der Waals surface area contributed by atoms with E-state index in [-0.39, 0.29) is 12.5 Å². The van der Waals surface area contributed by atoms with E-state index in [4.69, 9.17) is 5.26 Å². The molecule has 1 aromatic rings. The fraction of sp³-hybridized carbons (Fsp3) is 0.600. The number of nitriles is 1. The molecule has 1 rings (SSSR count). The summed E-state index contributed by atoms with van der Waals surface area (Å²) in [5.74, 6) is 0. The van der Waals surface area contributed by atoms with Crippen LogP contribution in [0.1, 0.15) is 20.3 Å². The number of rotatable bonds is 6. The van der Waals surface area contributed by atoms with Gasteiger partial charge in [0.25, 0.3) is 0 Å². The molecule has 1 N–H and O–H groups in total. The molecule has 0 spiro atoms. The van der Waals surface area contributed by atoms with Gasteiger partial charge in [-0.15, -0.1) is 0 Å². The molecule has 0 fully saturated rings. The van der Waals surface area contributed by atoms with Gasteiger partial charge in [-0.25, -0.2) is 18.1 Å². The molecule has 0 bridgehead atoms. The average molecular weight is 256 g/mol. The first kappa shape index (κ1) is 13.7. The summed E-state index contributed by atoms with van der Waals surface area (Å²) in [6, 6.07) is 1.51.